The van der Waals surface area contributed by atoms with Crippen LogP contribution in [-0.2, 0) is 0 Å². The molecule has 0 N–H and O–H groups in total. The van der Waals surface area contributed by atoms with E-state index < -0.39 is 0 Å². The Morgan fingerprint density at radius 3 is 2.78 bits per heavy atom. The maximum absolute atomic E-state index is 9.11. The molecular formula is C16H22N2. The van der Waals surface area contributed by atoms with Crippen LogP contribution in [0, 0.1) is 11.3 Å². The topological polar surface area (TPSA) is 27.0 Å². The molecule has 18 heavy (non-hydrogen) atoms. The summed E-state index contributed by atoms with van der Waals surface area (Å²) in [7, 11) is 0. The van der Waals surface area contributed by atoms with Crippen LogP contribution < -0.4 is 0 Å². The van der Waals surface area contributed by atoms with Crippen LogP contribution in [0.1, 0.15) is 50.6 Å². The zero-order valence-corrected chi connectivity index (χ0v) is 11.2. The molecule has 1 heterocycles. The Morgan fingerprint density at radius 1 is 1.33 bits per heavy atom. The minimum Gasteiger partial charge on any atom is -0.292 e. The number of rotatable bonds is 4. The summed E-state index contributed by atoms with van der Waals surface area (Å²) >= 11 is 0. The first-order valence-electron chi connectivity index (χ1n) is 7.04. The van der Waals surface area contributed by atoms with Crippen molar-refractivity contribution in [3.8, 4) is 6.07 Å². The molecule has 1 aromatic carbocycles. The number of likely N-dealkylation sites (tertiary alicyclic amines) is 1. The van der Waals surface area contributed by atoms with Crippen LogP contribution in [-0.4, -0.2) is 17.5 Å². The lowest BCUT2D eigenvalue weighted by Crippen LogP contribution is -2.41. The monoisotopic (exact) mass is 242 g/mol. The zero-order valence-electron chi connectivity index (χ0n) is 11.2. The second kappa shape index (κ2) is 6.56. The highest BCUT2D eigenvalue weighted by molar-refractivity contribution is 5.20. The third-order valence-electron chi connectivity index (χ3n) is 4.01. The minimum atomic E-state index is 0.279. The van der Waals surface area contributed by atoms with Gasteiger partial charge in [-0.2, -0.15) is 5.26 Å². The molecule has 1 aliphatic heterocycles. The van der Waals surface area contributed by atoms with Gasteiger partial charge in [0.2, 0.25) is 0 Å². The van der Waals surface area contributed by atoms with Gasteiger partial charge in [0.15, 0.2) is 0 Å². The van der Waals surface area contributed by atoms with Crippen LogP contribution >= 0.6 is 0 Å². The Morgan fingerprint density at radius 2 is 2.11 bits per heavy atom. The van der Waals surface area contributed by atoms with Gasteiger partial charge in [-0.25, -0.2) is 0 Å². The number of nitrogens with zero attached hydrogens (tertiary/aromatic N) is 2. The number of hydrogen-bond acceptors (Lipinski definition) is 2. The van der Waals surface area contributed by atoms with Crippen molar-refractivity contribution >= 4 is 0 Å². The number of nitriles is 1. The second-order valence-corrected chi connectivity index (χ2v) is 5.08. The van der Waals surface area contributed by atoms with Gasteiger partial charge in [-0.1, -0.05) is 43.7 Å². The fourth-order valence-electron chi connectivity index (χ4n) is 3.06. The highest BCUT2D eigenvalue weighted by atomic mass is 15.2. The van der Waals surface area contributed by atoms with Crippen molar-refractivity contribution in [2.45, 2.75) is 51.1 Å². The van der Waals surface area contributed by atoms with Gasteiger partial charge in [0.1, 0.15) is 0 Å². The highest BCUT2D eigenvalue weighted by Gasteiger charge is 2.28. The molecule has 0 spiro atoms. The van der Waals surface area contributed by atoms with E-state index in [0.717, 1.165) is 6.54 Å². The van der Waals surface area contributed by atoms with Gasteiger partial charge in [0.05, 0.1) is 12.5 Å². The Labute approximate surface area is 110 Å². The third kappa shape index (κ3) is 2.91. The molecule has 1 fully saturated rings. The van der Waals surface area contributed by atoms with E-state index in [1.807, 2.05) is 6.07 Å². The lowest BCUT2D eigenvalue weighted by atomic mass is 9.93. The summed E-state index contributed by atoms with van der Waals surface area (Å²) in [6, 6.07) is 13.8. The van der Waals surface area contributed by atoms with Crippen LogP contribution in [0.2, 0.25) is 0 Å². The average Bonchev–Trinajstić information content (AvgIpc) is 2.46. The van der Waals surface area contributed by atoms with Crippen molar-refractivity contribution in [1.82, 2.24) is 4.90 Å². The molecule has 1 aliphatic rings. The summed E-state index contributed by atoms with van der Waals surface area (Å²) in [5, 5.41) is 9.11. The van der Waals surface area contributed by atoms with Gasteiger partial charge in [-0.05, 0) is 31.4 Å². The summed E-state index contributed by atoms with van der Waals surface area (Å²) < 4.78 is 0. The molecular weight excluding hydrogens is 220 g/mol. The normalized spacial score (nSPS) is 22.3. The van der Waals surface area contributed by atoms with Crippen LogP contribution in [0.3, 0.4) is 0 Å². The van der Waals surface area contributed by atoms with Gasteiger partial charge in [-0.3, -0.25) is 4.90 Å². The number of hydrogen-bond donors (Lipinski definition) is 0. The molecule has 0 radical (unpaired) electrons. The third-order valence-corrected chi connectivity index (χ3v) is 4.01. The summed E-state index contributed by atoms with van der Waals surface area (Å²) in [4.78, 5) is 2.56. The van der Waals surface area contributed by atoms with Gasteiger partial charge in [0, 0.05) is 12.1 Å². The second-order valence-electron chi connectivity index (χ2n) is 5.08. The SMILES string of the molecule is CCC1CCCCN1C(CC#N)c1ccccc1. The van der Waals surface area contributed by atoms with Crippen LogP contribution in [0.5, 0.6) is 0 Å². The van der Waals surface area contributed by atoms with E-state index in [-0.39, 0.29) is 6.04 Å². The molecule has 0 bridgehead atoms. The molecule has 2 heteroatoms. The van der Waals surface area contributed by atoms with Crippen molar-refractivity contribution in [2.24, 2.45) is 0 Å². The molecule has 96 valence electrons. The van der Waals surface area contributed by atoms with E-state index in [1.54, 1.807) is 0 Å². The maximum atomic E-state index is 9.11. The van der Waals surface area contributed by atoms with Crippen molar-refractivity contribution in [3.63, 3.8) is 0 Å². The van der Waals surface area contributed by atoms with Crippen LogP contribution in [0.15, 0.2) is 30.3 Å². The molecule has 2 atom stereocenters. The first kappa shape index (κ1) is 13.1. The summed E-state index contributed by atoms with van der Waals surface area (Å²) in [6.45, 7) is 3.40. The average molecular weight is 242 g/mol. The predicted molar refractivity (Wildman–Crippen MR) is 74.0 cm³/mol. The van der Waals surface area contributed by atoms with E-state index in [0.29, 0.717) is 12.5 Å². The number of piperidine rings is 1. The maximum Gasteiger partial charge on any atom is 0.0641 e. The molecule has 2 unspecified atom stereocenters. The summed E-state index contributed by atoms with van der Waals surface area (Å²) in [5.41, 5.74) is 1.29. The molecule has 2 rings (SSSR count). The standard InChI is InChI=1S/C16H22N2/c1-2-15-10-6-7-13-18(15)16(11-12-17)14-8-4-3-5-9-14/h3-5,8-9,15-16H,2,6-7,10-11,13H2,1H3. The van der Waals surface area contributed by atoms with Gasteiger partial charge >= 0.3 is 0 Å². The van der Waals surface area contributed by atoms with Crippen LogP contribution in [0.4, 0.5) is 0 Å². The molecule has 2 nitrogen and oxygen atoms in total. The predicted octanol–water partition coefficient (Wildman–Crippen LogP) is 3.91. The molecule has 0 amide bonds. The van der Waals surface area contributed by atoms with E-state index in [4.69, 9.17) is 5.26 Å². The first-order chi connectivity index (χ1) is 8.86. The fourth-order valence-corrected chi connectivity index (χ4v) is 3.06. The molecule has 0 saturated carbocycles. The Bertz CT molecular complexity index is 393. The molecule has 0 aromatic heterocycles. The largest absolute Gasteiger partial charge is 0.292 e. The first-order valence-corrected chi connectivity index (χ1v) is 7.04. The molecule has 0 aliphatic carbocycles. The van der Waals surface area contributed by atoms with E-state index in [2.05, 4.69) is 42.2 Å². The van der Waals surface area contributed by atoms with E-state index in [9.17, 15) is 0 Å². The quantitative estimate of drug-likeness (QED) is 0.800. The summed E-state index contributed by atoms with van der Waals surface area (Å²) in [5.74, 6) is 0. The Hall–Kier alpha value is -1.33. The lowest BCUT2D eigenvalue weighted by molar-refractivity contribution is 0.0930. The van der Waals surface area contributed by atoms with Crippen molar-refractivity contribution < 1.29 is 0 Å². The molecule has 1 aromatic rings. The van der Waals surface area contributed by atoms with Crippen molar-refractivity contribution in [3.05, 3.63) is 35.9 Å². The summed E-state index contributed by atoms with van der Waals surface area (Å²) in [6.07, 6.45) is 5.68. The van der Waals surface area contributed by atoms with E-state index in [1.165, 1.54) is 31.2 Å². The highest BCUT2D eigenvalue weighted by Crippen LogP contribution is 2.31. The molecule has 1 saturated heterocycles. The Kier molecular flexibility index (Phi) is 4.78. The van der Waals surface area contributed by atoms with Gasteiger partial charge in [-0.15, -0.1) is 0 Å². The van der Waals surface area contributed by atoms with Gasteiger partial charge < -0.3 is 0 Å². The van der Waals surface area contributed by atoms with Crippen molar-refractivity contribution in [2.75, 3.05) is 6.54 Å². The fraction of sp³-hybridized carbons (Fsp3) is 0.562. The Balaban J connectivity index is 2.21. The van der Waals surface area contributed by atoms with Crippen molar-refractivity contribution in [1.29, 1.82) is 5.26 Å². The van der Waals surface area contributed by atoms with Gasteiger partial charge in [0.25, 0.3) is 0 Å². The zero-order chi connectivity index (χ0) is 12.8. The smallest absolute Gasteiger partial charge is 0.0641 e. The lowest BCUT2D eigenvalue weighted by Gasteiger charge is -2.40. The minimum absolute atomic E-state index is 0.279. The number of benzene rings is 1. The van der Waals surface area contributed by atoms with E-state index >= 15 is 0 Å². The van der Waals surface area contributed by atoms with Crippen LogP contribution in [0.25, 0.3) is 0 Å².